The van der Waals surface area contributed by atoms with E-state index in [1.54, 1.807) is 6.92 Å². The van der Waals surface area contributed by atoms with Gasteiger partial charge in [-0.2, -0.15) is 13.2 Å². The molecule has 1 atom stereocenters. The van der Waals surface area contributed by atoms with Crippen LogP contribution in [-0.4, -0.2) is 15.9 Å². The molecule has 2 rings (SSSR count). The van der Waals surface area contributed by atoms with Crippen molar-refractivity contribution in [3.8, 4) is 0 Å². The highest BCUT2D eigenvalue weighted by Gasteiger charge is 2.34. The van der Waals surface area contributed by atoms with Crippen molar-refractivity contribution in [1.29, 1.82) is 0 Å². The normalized spacial score (nSPS) is 13.1. The Morgan fingerprint density at radius 2 is 2.18 bits per heavy atom. The van der Waals surface area contributed by atoms with Crippen LogP contribution in [0.15, 0.2) is 16.2 Å². The fourth-order valence-corrected chi connectivity index (χ4v) is 2.81. The lowest BCUT2D eigenvalue weighted by atomic mass is 10.2. The van der Waals surface area contributed by atoms with Gasteiger partial charge in [-0.1, -0.05) is 13.8 Å². The lowest BCUT2D eigenvalue weighted by molar-refractivity contribution is -0.140. The minimum atomic E-state index is -4.49. The molecule has 5 nitrogen and oxygen atoms in total. The first-order valence-electron chi connectivity index (χ1n) is 6.62. The number of hydrogen-bond donors (Lipinski definition) is 1. The van der Waals surface area contributed by atoms with E-state index in [1.807, 2.05) is 6.92 Å². The summed E-state index contributed by atoms with van der Waals surface area (Å²) in [5.74, 6) is -0.0521. The molecule has 0 aliphatic carbocycles. The average Bonchev–Trinajstić information content (AvgIpc) is 3.11. The minimum absolute atomic E-state index is 0.147. The van der Waals surface area contributed by atoms with Gasteiger partial charge in [-0.05, 0) is 6.42 Å². The number of alkyl halides is 3. The predicted molar refractivity (Wildman–Crippen MR) is 73.5 cm³/mol. The Morgan fingerprint density at radius 3 is 2.73 bits per heavy atom. The van der Waals surface area contributed by atoms with Crippen LogP contribution in [0.5, 0.6) is 0 Å². The Morgan fingerprint density at radius 1 is 1.45 bits per heavy atom. The van der Waals surface area contributed by atoms with Gasteiger partial charge in [-0.3, -0.25) is 4.79 Å². The second-order valence-electron chi connectivity index (χ2n) is 4.48. The summed E-state index contributed by atoms with van der Waals surface area (Å²) in [5, 5.41) is 3.80. The van der Waals surface area contributed by atoms with Gasteiger partial charge in [0.1, 0.15) is 10.8 Å². The maximum Gasteiger partial charge on any atom is 0.434 e. The molecule has 0 bridgehead atoms. The van der Waals surface area contributed by atoms with Crippen LogP contribution in [0.25, 0.3) is 0 Å². The molecule has 0 fully saturated rings. The van der Waals surface area contributed by atoms with Crippen molar-refractivity contribution >= 4 is 17.2 Å². The fourth-order valence-electron chi connectivity index (χ4n) is 1.85. The first-order valence-corrected chi connectivity index (χ1v) is 7.50. The van der Waals surface area contributed by atoms with Crippen LogP contribution in [0.4, 0.5) is 13.2 Å². The number of carbonyl (C=O) groups excluding carboxylic acids is 1. The van der Waals surface area contributed by atoms with Gasteiger partial charge in [0.05, 0.1) is 6.04 Å². The number of nitrogens with one attached hydrogen (secondary N) is 1. The number of aromatic nitrogens is 2. The van der Waals surface area contributed by atoms with Crippen LogP contribution in [0.2, 0.25) is 0 Å². The topological polar surface area (TPSA) is 68.0 Å². The van der Waals surface area contributed by atoms with Crippen molar-refractivity contribution in [3.05, 3.63) is 33.9 Å². The second-order valence-corrected chi connectivity index (χ2v) is 5.37. The largest absolute Gasteiger partial charge is 0.448 e. The summed E-state index contributed by atoms with van der Waals surface area (Å²) >= 11 is 0.869. The zero-order valence-corrected chi connectivity index (χ0v) is 12.7. The number of amides is 1. The Labute approximate surface area is 128 Å². The number of hydrogen-bond acceptors (Lipinski definition) is 5. The molecule has 0 aliphatic heterocycles. The molecule has 0 aromatic carbocycles. The molecular formula is C13H14F3N3O2S. The summed E-state index contributed by atoms with van der Waals surface area (Å²) in [7, 11) is 0. The van der Waals surface area contributed by atoms with Crippen molar-refractivity contribution in [2.75, 3.05) is 0 Å². The summed E-state index contributed by atoms with van der Waals surface area (Å²) in [6.45, 7) is 3.56. The van der Waals surface area contributed by atoms with E-state index in [-0.39, 0.29) is 10.7 Å². The standard InChI is InChI=1S/C13H14F3N3O2S/c1-3-7(12-19-9(5-22-12)13(14,15)16)18-11(20)10-8(4-2)21-6-17-10/h5-7H,3-4H2,1-2H3,(H,18,20)/t7-/m0/s1. The van der Waals surface area contributed by atoms with E-state index in [4.69, 9.17) is 4.42 Å². The quantitative estimate of drug-likeness (QED) is 0.908. The molecule has 22 heavy (non-hydrogen) atoms. The van der Waals surface area contributed by atoms with Crippen molar-refractivity contribution in [2.45, 2.75) is 38.9 Å². The molecule has 0 saturated carbocycles. The predicted octanol–water partition coefficient (Wildman–Crippen LogP) is 3.59. The van der Waals surface area contributed by atoms with Gasteiger partial charge in [-0.15, -0.1) is 11.3 Å². The molecule has 0 unspecified atom stereocenters. The average molecular weight is 333 g/mol. The molecule has 2 aromatic heterocycles. The molecular weight excluding hydrogens is 319 g/mol. The van der Waals surface area contributed by atoms with Gasteiger partial charge >= 0.3 is 6.18 Å². The molecule has 1 N–H and O–H groups in total. The lowest BCUT2D eigenvalue weighted by Crippen LogP contribution is -2.29. The van der Waals surface area contributed by atoms with Gasteiger partial charge in [0, 0.05) is 11.8 Å². The minimum Gasteiger partial charge on any atom is -0.448 e. The van der Waals surface area contributed by atoms with E-state index in [1.165, 1.54) is 6.39 Å². The number of rotatable bonds is 5. The molecule has 0 aliphatic rings. The number of nitrogens with zero attached hydrogens (tertiary/aromatic N) is 2. The third kappa shape index (κ3) is 3.46. The maximum absolute atomic E-state index is 12.6. The SMILES string of the molecule is CCc1ocnc1C(=O)N[C@@H](CC)c1nc(C(F)(F)F)cs1. The molecule has 120 valence electrons. The Bertz CT molecular complexity index is 651. The van der Waals surface area contributed by atoms with E-state index >= 15 is 0 Å². The van der Waals surface area contributed by atoms with Gasteiger partial charge in [0.25, 0.3) is 5.91 Å². The third-order valence-electron chi connectivity index (χ3n) is 3.00. The van der Waals surface area contributed by atoms with E-state index in [0.29, 0.717) is 18.6 Å². The lowest BCUT2D eigenvalue weighted by Gasteiger charge is -2.13. The van der Waals surface area contributed by atoms with Crippen LogP contribution in [-0.2, 0) is 12.6 Å². The van der Waals surface area contributed by atoms with Crippen molar-refractivity contribution in [3.63, 3.8) is 0 Å². The molecule has 0 saturated heterocycles. The van der Waals surface area contributed by atoms with Gasteiger partial charge in [-0.25, -0.2) is 9.97 Å². The molecule has 2 aromatic rings. The van der Waals surface area contributed by atoms with Gasteiger partial charge in [0.2, 0.25) is 0 Å². The first kappa shape index (κ1) is 16.5. The van der Waals surface area contributed by atoms with Crippen LogP contribution in [0.3, 0.4) is 0 Å². The number of carbonyl (C=O) groups is 1. The number of aryl methyl sites for hydroxylation is 1. The van der Waals surface area contributed by atoms with E-state index < -0.39 is 23.8 Å². The number of thiazole rings is 1. The van der Waals surface area contributed by atoms with Crippen molar-refractivity contribution in [2.24, 2.45) is 0 Å². The number of oxazole rings is 1. The van der Waals surface area contributed by atoms with Crippen LogP contribution in [0.1, 0.15) is 53.3 Å². The summed E-state index contributed by atoms with van der Waals surface area (Å²) < 4.78 is 42.8. The maximum atomic E-state index is 12.6. The van der Waals surface area contributed by atoms with Crippen LogP contribution in [0, 0.1) is 0 Å². The van der Waals surface area contributed by atoms with Crippen LogP contribution >= 0.6 is 11.3 Å². The third-order valence-corrected chi connectivity index (χ3v) is 3.96. The zero-order valence-electron chi connectivity index (χ0n) is 11.9. The smallest absolute Gasteiger partial charge is 0.434 e. The van der Waals surface area contributed by atoms with Crippen molar-refractivity contribution < 1.29 is 22.4 Å². The highest BCUT2D eigenvalue weighted by Crippen LogP contribution is 2.32. The van der Waals surface area contributed by atoms with E-state index in [2.05, 4.69) is 15.3 Å². The van der Waals surface area contributed by atoms with Gasteiger partial charge < -0.3 is 9.73 Å². The Hall–Kier alpha value is -1.90. The van der Waals surface area contributed by atoms with E-state index in [0.717, 1.165) is 16.7 Å². The Balaban J connectivity index is 2.16. The van der Waals surface area contributed by atoms with Crippen molar-refractivity contribution in [1.82, 2.24) is 15.3 Å². The fraction of sp³-hybridized carbons (Fsp3) is 0.462. The summed E-state index contributed by atoms with van der Waals surface area (Å²) in [6, 6.07) is -0.602. The van der Waals surface area contributed by atoms with Gasteiger partial charge in [0.15, 0.2) is 17.8 Å². The van der Waals surface area contributed by atoms with E-state index in [9.17, 15) is 18.0 Å². The summed E-state index contributed by atoms with van der Waals surface area (Å²) in [4.78, 5) is 19.6. The highest BCUT2D eigenvalue weighted by molar-refractivity contribution is 7.09. The summed E-state index contributed by atoms with van der Waals surface area (Å²) in [5.41, 5.74) is -0.801. The molecule has 9 heteroatoms. The first-order chi connectivity index (χ1) is 10.4. The highest BCUT2D eigenvalue weighted by atomic mass is 32.1. The Kier molecular flexibility index (Phi) is 4.84. The summed E-state index contributed by atoms with van der Waals surface area (Å²) in [6.07, 6.45) is -2.41. The second kappa shape index (κ2) is 6.47. The zero-order chi connectivity index (χ0) is 16.3. The monoisotopic (exact) mass is 333 g/mol. The molecule has 0 radical (unpaired) electrons. The van der Waals surface area contributed by atoms with Crippen LogP contribution < -0.4 is 5.32 Å². The number of halogens is 3. The molecule has 0 spiro atoms. The molecule has 2 heterocycles. The molecule has 1 amide bonds.